The van der Waals surface area contributed by atoms with Crippen LogP contribution >= 0.6 is 0 Å². The lowest BCUT2D eigenvalue weighted by Crippen LogP contribution is -2.20. The number of hydrogen-bond acceptors (Lipinski definition) is 1. The molecule has 2 bridgehead atoms. The molecule has 18 heavy (non-hydrogen) atoms. The van der Waals surface area contributed by atoms with E-state index in [1.54, 1.807) is 0 Å². The van der Waals surface area contributed by atoms with Crippen LogP contribution in [0.25, 0.3) is 0 Å². The number of aliphatic hydroxyl groups excluding tert-OH is 1. The molecule has 0 radical (unpaired) electrons. The van der Waals surface area contributed by atoms with Crippen molar-refractivity contribution in [3.05, 3.63) is 35.1 Å². The third kappa shape index (κ3) is 1.83. The smallest absolute Gasteiger partial charge is 0.161 e. The van der Waals surface area contributed by atoms with Gasteiger partial charge in [-0.2, -0.15) is 0 Å². The first kappa shape index (κ1) is 12.0. The van der Waals surface area contributed by atoms with E-state index in [2.05, 4.69) is 0 Å². The second kappa shape index (κ2) is 4.26. The molecule has 1 nitrogen and oxygen atoms in total. The van der Waals surface area contributed by atoms with Crippen molar-refractivity contribution in [3.63, 3.8) is 0 Å². The Labute approximate surface area is 104 Å². The number of aliphatic hydroxyl groups is 1. The summed E-state index contributed by atoms with van der Waals surface area (Å²) in [4.78, 5) is 0. The summed E-state index contributed by atoms with van der Waals surface area (Å²) in [6.45, 7) is 0. The summed E-state index contributed by atoms with van der Waals surface area (Å²) in [5.41, 5.74) is -0.105. The number of halogens is 3. The monoisotopic (exact) mass is 256 g/mol. The molecule has 3 rings (SSSR count). The fourth-order valence-corrected chi connectivity index (χ4v) is 3.68. The lowest BCUT2D eigenvalue weighted by molar-refractivity contribution is 0.0710. The molecule has 2 aliphatic rings. The van der Waals surface area contributed by atoms with E-state index in [9.17, 15) is 18.3 Å². The minimum atomic E-state index is -1.21. The molecule has 0 aliphatic heterocycles. The Bertz CT molecular complexity index is 474. The van der Waals surface area contributed by atoms with E-state index in [4.69, 9.17) is 0 Å². The van der Waals surface area contributed by atoms with Crippen LogP contribution in [-0.4, -0.2) is 5.11 Å². The normalized spacial score (nSPS) is 31.9. The summed E-state index contributed by atoms with van der Waals surface area (Å²) in [6, 6.07) is 1.31. The highest BCUT2D eigenvalue weighted by Crippen LogP contribution is 2.52. The largest absolute Gasteiger partial charge is 0.388 e. The van der Waals surface area contributed by atoms with E-state index in [1.165, 1.54) is 6.42 Å². The SMILES string of the molecule is OC(c1cc(F)c(F)cc1F)C1CC2CCC1C2. The standard InChI is InChI=1S/C14H15F3O/c15-11-6-13(17)12(16)5-10(11)14(18)9-4-7-1-2-8(9)3-7/h5-9,14,18H,1-4H2. The molecular weight excluding hydrogens is 241 g/mol. The van der Waals surface area contributed by atoms with Crippen molar-refractivity contribution in [2.24, 2.45) is 17.8 Å². The van der Waals surface area contributed by atoms with Gasteiger partial charge in [0.25, 0.3) is 0 Å². The van der Waals surface area contributed by atoms with Gasteiger partial charge in [0.05, 0.1) is 6.10 Å². The molecule has 2 saturated carbocycles. The molecule has 4 unspecified atom stereocenters. The Balaban J connectivity index is 1.88. The molecule has 98 valence electrons. The van der Waals surface area contributed by atoms with E-state index in [0.717, 1.165) is 25.3 Å². The number of rotatable bonds is 2. The Morgan fingerprint density at radius 3 is 2.33 bits per heavy atom. The van der Waals surface area contributed by atoms with Crippen molar-refractivity contribution in [1.29, 1.82) is 0 Å². The van der Waals surface area contributed by atoms with Crippen LogP contribution in [0.2, 0.25) is 0 Å². The predicted molar refractivity (Wildman–Crippen MR) is 60.2 cm³/mol. The Kier molecular flexibility index (Phi) is 2.85. The average molecular weight is 256 g/mol. The van der Waals surface area contributed by atoms with Gasteiger partial charge in [-0.05, 0) is 43.1 Å². The highest BCUT2D eigenvalue weighted by Gasteiger charge is 2.43. The van der Waals surface area contributed by atoms with Crippen LogP contribution in [0, 0.1) is 35.2 Å². The summed E-state index contributed by atoms with van der Waals surface area (Å²) in [7, 11) is 0. The molecule has 1 aromatic rings. The molecule has 0 heterocycles. The molecule has 1 N–H and O–H groups in total. The van der Waals surface area contributed by atoms with Crippen LogP contribution in [0.1, 0.15) is 37.4 Å². The van der Waals surface area contributed by atoms with Crippen molar-refractivity contribution in [2.75, 3.05) is 0 Å². The first-order valence-corrected chi connectivity index (χ1v) is 6.38. The van der Waals surface area contributed by atoms with E-state index >= 15 is 0 Å². The molecule has 2 fully saturated rings. The number of hydrogen-bond donors (Lipinski definition) is 1. The van der Waals surface area contributed by atoms with Crippen molar-refractivity contribution >= 4 is 0 Å². The molecule has 0 spiro atoms. The van der Waals surface area contributed by atoms with Crippen LogP contribution in [0.4, 0.5) is 13.2 Å². The average Bonchev–Trinajstić information content (AvgIpc) is 2.95. The van der Waals surface area contributed by atoms with Crippen LogP contribution in [0.5, 0.6) is 0 Å². The second-order valence-corrected chi connectivity index (χ2v) is 5.57. The maximum atomic E-state index is 13.6. The summed E-state index contributed by atoms with van der Waals surface area (Å²) in [6.07, 6.45) is 3.15. The highest BCUT2D eigenvalue weighted by molar-refractivity contribution is 5.23. The third-order valence-corrected chi connectivity index (χ3v) is 4.56. The molecule has 0 amide bonds. The third-order valence-electron chi connectivity index (χ3n) is 4.56. The maximum Gasteiger partial charge on any atom is 0.161 e. The van der Waals surface area contributed by atoms with Gasteiger partial charge in [-0.1, -0.05) is 6.42 Å². The van der Waals surface area contributed by atoms with Gasteiger partial charge in [0.15, 0.2) is 11.6 Å². The number of fused-ring (bicyclic) bond motifs is 2. The quantitative estimate of drug-likeness (QED) is 0.802. The van der Waals surface area contributed by atoms with Crippen molar-refractivity contribution in [2.45, 2.75) is 31.8 Å². The fraction of sp³-hybridized carbons (Fsp3) is 0.571. The summed E-state index contributed by atoms with van der Waals surface area (Å²) in [5, 5.41) is 10.2. The van der Waals surface area contributed by atoms with Gasteiger partial charge in [-0.25, -0.2) is 13.2 Å². The van der Waals surface area contributed by atoms with Crippen LogP contribution in [-0.2, 0) is 0 Å². The summed E-state index contributed by atoms with van der Waals surface area (Å²) >= 11 is 0. The first-order chi connectivity index (χ1) is 8.56. The lowest BCUT2D eigenvalue weighted by Gasteiger charge is -2.27. The minimum Gasteiger partial charge on any atom is -0.388 e. The number of benzene rings is 1. The van der Waals surface area contributed by atoms with Crippen LogP contribution < -0.4 is 0 Å². The van der Waals surface area contributed by atoms with Gasteiger partial charge in [0.1, 0.15) is 5.82 Å². The lowest BCUT2D eigenvalue weighted by atomic mass is 9.82. The van der Waals surface area contributed by atoms with Gasteiger partial charge < -0.3 is 5.11 Å². The van der Waals surface area contributed by atoms with Gasteiger partial charge in [-0.15, -0.1) is 0 Å². The second-order valence-electron chi connectivity index (χ2n) is 5.57. The minimum absolute atomic E-state index is 0.0110. The van der Waals surface area contributed by atoms with Crippen molar-refractivity contribution in [1.82, 2.24) is 0 Å². The molecule has 2 aliphatic carbocycles. The Morgan fingerprint density at radius 1 is 1.00 bits per heavy atom. The molecule has 0 saturated heterocycles. The molecule has 4 heteroatoms. The van der Waals surface area contributed by atoms with E-state index in [0.29, 0.717) is 17.9 Å². The van der Waals surface area contributed by atoms with Crippen LogP contribution in [0.3, 0.4) is 0 Å². The Morgan fingerprint density at radius 2 is 1.72 bits per heavy atom. The van der Waals surface area contributed by atoms with Crippen molar-refractivity contribution in [3.8, 4) is 0 Å². The zero-order valence-electron chi connectivity index (χ0n) is 9.87. The van der Waals surface area contributed by atoms with E-state index in [-0.39, 0.29) is 11.5 Å². The fourth-order valence-electron chi connectivity index (χ4n) is 3.68. The first-order valence-electron chi connectivity index (χ1n) is 6.38. The summed E-state index contributed by atoms with van der Waals surface area (Å²) < 4.78 is 39.6. The van der Waals surface area contributed by atoms with Gasteiger partial charge in [0.2, 0.25) is 0 Å². The molecule has 0 aromatic heterocycles. The molecule has 4 atom stereocenters. The zero-order chi connectivity index (χ0) is 12.9. The molecular formula is C14H15F3O. The van der Waals surface area contributed by atoms with Crippen molar-refractivity contribution < 1.29 is 18.3 Å². The van der Waals surface area contributed by atoms with Gasteiger partial charge in [0, 0.05) is 11.6 Å². The van der Waals surface area contributed by atoms with Crippen LogP contribution in [0.15, 0.2) is 12.1 Å². The van der Waals surface area contributed by atoms with Gasteiger partial charge in [-0.3, -0.25) is 0 Å². The predicted octanol–water partition coefficient (Wildman–Crippen LogP) is 3.57. The summed E-state index contributed by atoms with van der Waals surface area (Å²) in [5.74, 6) is -2.17. The zero-order valence-corrected chi connectivity index (χ0v) is 9.87. The highest BCUT2D eigenvalue weighted by atomic mass is 19.2. The van der Waals surface area contributed by atoms with E-state index in [1.807, 2.05) is 0 Å². The topological polar surface area (TPSA) is 20.2 Å². The maximum absolute atomic E-state index is 13.6. The van der Waals surface area contributed by atoms with E-state index < -0.39 is 23.6 Å². The van der Waals surface area contributed by atoms with Gasteiger partial charge >= 0.3 is 0 Å². The Hall–Kier alpha value is -1.03. The molecule has 1 aromatic carbocycles.